The van der Waals surface area contributed by atoms with Crippen molar-refractivity contribution >= 4 is 17.9 Å². The molecule has 0 saturated carbocycles. The molecule has 0 aromatic carbocycles. The monoisotopic (exact) mass is 322 g/mol. The third-order valence-electron chi connectivity index (χ3n) is 1.29. The van der Waals surface area contributed by atoms with Crippen LogP contribution in [0.25, 0.3) is 0 Å². The minimum absolute atomic E-state index is 0. The Morgan fingerprint density at radius 3 is 0.773 bits per heavy atom. The normalized spacial score (nSPS) is 7.36. The second-order valence-electron chi connectivity index (χ2n) is 3.48. The third-order valence-corrected chi connectivity index (χ3v) is 1.29. The van der Waals surface area contributed by atoms with Crippen LogP contribution in [-0.2, 0) is 29.0 Å². The van der Waals surface area contributed by atoms with Crippen LogP contribution in [0.15, 0.2) is 36.5 Å². The molecule has 0 aromatic rings. The molecule has 3 N–H and O–H groups in total. The Hall–Kier alpha value is -2.49. The molecule has 0 amide bonds. The first-order valence-corrected chi connectivity index (χ1v) is 5.08. The predicted octanol–water partition coefficient (Wildman–Crippen LogP) is 2.37. The van der Waals surface area contributed by atoms with Crippen molar-refractivity contribution in [2.24, 2.45) is 0 Å². The average molecular weight is 322 g/mol. The molecule has 128 valence electrons. The van der Waals surface area contributed by atoms with Crippen molar-refractivity contribution in [3.8, 4) is 0 Å². The maximum absolute atomic E-state index is 9.94. The number of carbonyl (C=O) groups excluding carboxylic acids is 3. The molecule has 0 aliphatic rings. The summed E-state index contributed by atoms with van der Waals surface area (Å²) >= 11 is 0. The average Bonchev–Trinajstić information content (AvgIpc) is 2.45. The van der Waals surface area contributed by atoms with Crippen LogP contribution < -0.4 is 0 Å². The van der Waals surface area contributed by atoms with E-state index in [2.05, 4.69) is 34.4 Å². The predicted molar refractivity (Wildman–Crippen MR) is 77.3 cm³/mol. The highest BCUT2D eigenvalue weighted by molar-refractivity contribution is 5.87. The fraction of sp³-hybridized carbons (Fsp3) is 0.308. The van der Waals surface area contributed by atoms with Crippen LogP contribution in [-0.4, -0.2) is 33.7 Å². The molecule has 0 saturated heterocycles. The lowest BCUT2D eigenvalue weighted by atomic mass is 10.4. The van der Waals surface area contributed by atoms with Gasteiger partial charge in [-0.25, -0.2) is 14.4 Å². The van der Waals surface area contributed by atoms with Gasteiger partial charge >= 0.3 is 17.9 Å². The Morgan fingerprint density at radius 2 is 0.773 bits per heavy atom. The van der Waals surface area contributed by atoms with Gasteiger partial charge in [-0.3, -0.25) is 14.7 Å². The van der Waals surface area contributed by atoms with E-state index in [0.717, 1.165) is 0 Å². The lowest BCUT2D eigenvalue weighted by Crippen LogP contribution is -1.99. The summed E-state index contributed by atoms with van der Waals surface area (Å²) < 4.78 is 0. The quantitative estimate of drug-likeness (QED) is 0.309. The summed E-state index contributed by atoms with van der Waals surface area (Å²) in [6, 6.07) is 0. The van der Waals surface area contributed by atoms with E-state index < -0.39 is 17.9 Å². The van der Waals surface area contributed by atoms with E-state index in [0.29, 0.717) is 0 Å². The molecule has 9 heteroatoms. The largest absolute Gasteiger partial charge is 0.367 e. The van der Waals surface area contributed by atoms with Crippen molar-refractivity contribution in [3.05, 3.63) is 36.5 Å². The van der Waals surface area contributed by atoms with Gasteiger partial charge in [0.05, 0.1) is 0 Å². The molecule has 0 radical (unpaired) electrons. The van der Waals surface area contributed by atoms with Crippen molar-refractivity contribution in [2.75, 3.05) is 0 Å². The zero-order valence-corrected chi connectivity index (χ0v) is 11.9. The van der Waals surface area contributed by atoms with Gasteiger partial charge in [0.15, 0.2) is 0 Å². The van der Waals surface area contributed by atoms with Gasteiger partial charge in [-0.1, -0.05) is 27.2 Å². The number of hydrogen-bond acceptors (Lipinski definition) is 9. The zero-order valence-electron chi connectivity index (χ0n) is 11.9. The highest BCUT2D eigenvalue weighted by atomic mass is 17.1. The van der Waals surface area contributed by atoms with Gasteiger partial charge in [0.2, 0.25) is 0 Å². The molecule has 0 unspecified atom stereocenters. The molecule has 0 heterocycles. The molecule has 0 rings (SSSR count). The molecule has 22 heavy (non-hydrogen) atoms. The molecule has 0 bridgehead atoms. The Balaban J connectivity index is -0.000000108. The van der Waals surface area contributed by atoms with E-state index >= 15 is 0 Å². The molecule has 0 aliphatic carbocycles. The van der Waals surface area contributed by atoms with Crippen LogP contribution >= 0.6 is 0 Å². The smallest absolute Gasteiger partial charge is 0.296 e. The molecular weight excluding hydrogens is 300 g/mol. The Bertz CT molecular complexity index is 348. The summed E-state index contributed by atoms with van der Waals surface area (Å²) in [6.45, 7) is 13.9. The minimum atomic E-state index is -0.792. The topological polar surface area (TPSA) is 140 Å². The molecule has 9 nitrogen and oxygen atoms in total. The van der Waals surface area contributed by atoms with Gasteiger partial charge < -0.3 is 0 Å². The van der Waals surface area contributed by atoms with Crippen molar-refractivity contribution < 1.29 is 44.8 Å². The van der Waals surface area contributed by atoms with E-state index in [1.165, 1.54) is 20.8 Å². The number of carbonyl (C=O) groups is 3. The van der Waals surface area contributed by atoms with E-state index in [1.54, 1.807) is 0 Å². The Labute approximate surface area is 128 Å². The first-order valence-electron chi connectivity index (χ1n) is 5.08. The fourth-order valence-electron chi connectivity index (χ4n) is 0.234. The highest BCUT2D eigenvalue weighted by Gasteiger charge is 1.99. The molecule has 0 aliphatic heterocycles. The molecule has 0 spiro atoms. The van der Waals surface area contributed by atoms with Gasteiger partial charge in [0.25, 0.3) is 0 Å². The number of rotatable bonds is 3. The summed E-state index contributed by atoms with van der Waals surface area (Å²) in [7, 11) is 0. The van der Waals surface area contributed by atoms with Crippen molar-refractivity contribution in [3.63, 3.8) is 0 Å². The molecule has 0 fully saturated rings. The maximum atomic E-state index is 9.94. The summed E-state index contributed by atoms with van der Waals surface area (Å²) in [5.74, 6) is -2.37. The lowest BCUT2D eigenvalue weighted by Gasteiger charge is -1.88. The fourth-order valence-corrected chi connectivity index (χ4v) is 0.234. The van der Waals surface area contributed by atoms with Crippen molar-refractivity contribution in [1.82, 2.24) is 0 Å². The van der Waals surface area contributed by atoms with E-state index in [1.807, 2.05) is 0 Å². The number of hydrogen-bond donors (Lipinski definition) is 3. The van der Waals surface area contributed by atoms with Crippen LogP contribution in [0.1, 0.15) is 28.2 Å². The first-order chi connectivity index (χ1) is 9.54. The summed E-state index contributed by atoms with van der Waals surface area (Å²) in [6.07, 6.45) is 0. The van der Waals surface area contributed by atoms with Gasteiger partial charge in [-0.15, -0.1) is 0 Å². The van der Waals surface area contributed by atoms with E-state index in [-0.39, 0.29) is 24.1 Å². The third kappa shape index (κ3) is 19.8. The van der Waals surface area contributed by atoms with Crippen LogP contribution in [0.3, 0.4) is 0 Å². The minimum Gasteiger partial charge on any atom is -0.296 e. The molecular formula is C13H22O9. The lowest BCUT2D eigenvalue weighted by molar-refractivity contribution is -0.229. The van der Waals surface area contributed by atoms with Gasteiger partial charge in [0.1, 0.15) is 0 Å². The standard InChI is InChI=1S/3C4H6O3.CH4/c3*1-3(2)4(5)7-6;/h3*6H,1H2,2H3;1H4. The van der Waals surface area contributed by atoms with Gasteiger partial charge in [-0.05, 0) is 20.8 Å². The van der Waals surface area contributed by atoms with Crippen LogP contribution in [0.2, 0.25) is 0 Å². The van der Waals surface area contributed by atoms with Crippen LogP contribution in [0, 0.1) is 0 Å². The summed E-state index contributed by atoms with van der Waals surface area (Å²) in [4.78, 5) is 39.6. The SMILES string of the molecule is C.C=C(C)C(=O)OO.C=C(C)C(=O)OO.C=C(C)C(=O)OO. The molecule has 0 aromatic heterocycles. The summed E-state index contributed by atoms with van der Waals surface area (Å²) in [5.41, 5.74) is 0.549. The van der Waals surface area contributed by atoms with E-state index in [4.69, 9.17) is 15.8 Å². The highest BCUT2D eigenvalue weighted by Crippen LogP contribution is 1.87. The summed E-state index contributed by atoms with van der Waals surface area (Å²) in [5, 5.41) is 22.8. The second-order valence-corrected chi connectivity index (χ2v) is 3.48. The van der Waals surface area contributed by atoms with E-state index in [9.17, 15) is 14.4 Å². The van der Waals surface area contributed by atoms with Crippen molar-refractivity contribution in [2.45, 2.75) is 28.2 Å². The molecule has 0 atom stereocenters. The maximum Gasteiger partial charge on any atom is 0.367 e. The zero-order chi connectivity index (χ0) is 17.6. The van der Waals surface area contributed by atoms with Crippen LogP contribution in [0.5, 0.6) is 0 Å². The van der Waals surface area contributed by atoms with Gasteiger partial charge in [-0.2, -0.15) is 15.8 Å². The van der Waals surface area contributed by atoms with Crippen molar-refractivity contribution in [1.29, 1.82) is 0 Å². The Kier molecular flexibility index (Phi) is 20.9. The Morgan fingerprint density at radius 1 is 0.636 bits per heavy atom. The first kappa shape index (κ1) is 27.8. The second kappa shape index (κ2) is 16.6. The van der Waals surface area contributed by atoms with Crippen LogP contribution in [0.4, 0.5) is 0 Å². The van der Waals surface area contributed by atoms with Gasteiger partial charge in [0, 0.05) is 16.7 Å².